The Morgan fingerprint density at radius 1 is 1.39 bits per heavy atom. The van der Waals surface area contributed by atoms with Gasteiger partial charge in [0.15, 0.2) is 0 Å². The van der Waals surface area contributed by atoms with Crippen molar-refractivity contribution in [2.45, 2.75) is 6.54 Å². The van der Waals surface area contributed by atoms with Crippen molar-refractivity contribution in [2.24, 2.45) is 0 Å². The van der Waals surface area contributed by atoms with Crippen LogP contribution in [0.1, 0.15) is 5.89 Å². The van der Waals surface area contributed by atoms with Crippen LogP contribution in [0.25, 0.3) is 0 Å². The molecule has 1 aromatic carbocycles. The van der Waals surface area contributed by atoms with Crippen molar-refractivity contribution in [2.75, 3.05) is 19.5 Å². The SMILES string of the molecule is CNCc1nnc(Nc2ccc(Br)c(OC)c2)o1. The Balaban J connectivity index is 2.12. The average Bonchev–Trinajstić information content (AvgIpc) is 2.80. The van der Waals surface area contributed by atoms with Gasteiger partial charge in [0, 0.05) is 11.8 Å². The highest BCUT2D eigenvalue weighted by molar-refractivity contribution is 9.10. The second-order valence-electron chi connectivity index (χ2n) is 3.51. The average molecular weight is 313 g/mol. The van der Waals surface area contributed by atoms with E-state index in [1.807, 2.05) is 25.2 Å². The summed E-state index contributed by atoms with van der Waals surface area (Å²) in [6, 6.07) is 5.96. The van der Waals surface area contributed by atoms with E-state index in [1.165, 1.54) is 0 Å². The zero-order valence-corrected chi connectivity index (χ0v) is 11.6. The van der Waals surface area contributed by atoms with E-state index in [0.717, 1.165) is 15.9 Å². The number of rotatable bonds is 5. The van der Waals surface area contributed by atoms with Crippen molar-refractivity contribution in [3.05, 3.63) is 28.6 Å². The lowest BCUT2D eigenvalue weighted by atomic mass is 10.3. The van der Waals surface area contributed by atoms with Crippen molar-refractivity contribution < 1.29 is 9.15 Å². The molecule has 6 nitrogen and oxygen atoms in total. The number of ether oxygens (including phenoxy) is 1. The van der Waals surface area contributed by atoms with Crippen LogP contribution in [0, 0.1) is 0 Å². The summed E-state index contributed by atoms with van der Waals surface area (Å²) in [5.74, 6) is 1.26. The fraction of sp³-hybridized carbons (Fsp3) is 0.273. The molecular weight excluding hydrogens is 300 g/mol. The highest BCUT2D eigenvalue weighted by atomic mass is 79.9. The van der Waals surface area contributed by atoms with E-state index in [0.29, 0.717) is 18.5 Å². The highest BCUT2D eigenvalue weighted by Crippen LogP contribution is 2.29. The van der Waals surface area contributed by atoms with Crippen LogP contribution in [0.15, 0.2) is 27.1 Å². The first kappa shape index (κ1) is 12.8. The molecule has 18 heavy (non-hydrogen) atoms. The molecule has 1 heterocycles. The molecule has 0 saturated carbocycles. The molecule has 7 heteroatoms. The van der Waals surface area contributed by atoms with E-state index in [1.54, 1.807) is 7.11 Å². The smallest absolute Gasteiger partial charge is 0.320 e. The maximum Gasteiger partial charge on any atom is 0.320 e. The number of aromatic nitrogens is 2. The van der Waals surface area contributed by atoms with Crippen molar-refractivity contribution >= 4 is 27.6 Å². The monoisotopic (exact) mass is 312 g/mol. The largest absolute Gasteiger partial charge is 0.495 e. The summed E-state index contributed by atoms with van der Waals surface area (Å²) in [6.07, 6.45) is 0. The zero-order valence-electron chi connectivity index (χ0n) is 10.0. The van der Waals surface area contributed by atoms with Gasteiger partial charge < -0.3 is 19.8 Å². The minimum absolute atomic E-state index is 0.352. The Labute approximate surface area is 113 Å². The van der Waals surface area contributed by atoms with Crippen LogP contribution in [0.5, 0.6) is 5.75 Å². The van der Waals surface area contributed by atoms with Crippen molar-refractivity contribution in [3.8, 4) is 5.75 Å². The van der Waals surface area contributed by atoms with Gasteiger partial charge in [-0.2, -0.15) is 0 Å². The molecule has 0 saturated heterocycles. The van der Waals surface area contributed by atoms with Crippen LogP contribution in [0.4, 0.5) is 11.7 Å². The van der Waals surface area contributed by atoms with Gasteiger partial charge in [-0.1, -0.05) is 5.10 Å². The number of anilines is 2. The number of nitrogens with zero attached hydrogens (tertiary/aromatic N) is 2. The first-order valence-electron chi connectivity index (χ1n) is 5.30. The molecule has 0 aliphatic carbocycles. The number of halogens is 1. The standard InChI is InChI=1S/C11H13BrN4O2/c1-13-6-10-15-16-11(18-10)14-7-3-4-8(12)9(5-7)17-2/h3-5,13H,6H2,1-2H3,(H,14,16). The van der Waals surface area contributed by atoms with Crippen LogP contribution in [-0.2, 0) is 6.54 Å². The molecule has 0 fully saturated rings. The molecule has 96 valence electrons. The fourth-order valence-corrected chi connectivity index (χ4v) is 1.80. The van der Waals surface area contributed by atoms with E-state index in [9.17, 15) is 0 Å². The van der Waals surface area contributed by atoms with Gasteiger partial charge in [0.1, 0.15) is 5.75 Å². The van der Waals surface area contributed by atoms with Crippen molar-refractivity contribution in [1.82, 2.24) is 15.5 Å². The summed E-state index contributed by atoms with van der Waals surface area (Å²) in [6.45, 7) is 0.540. The van der Waals surface area contributed by atoms with E-state index in [2.05, 4.69) is 36.8 Å². The van der Waals surface area contributed by atoms with E-state index >= 15 is 0 Å². The molecule has 0 bridgehead atoms. The normalized spacial score (nSPS) is 10.4. The molecule has 0 aliphatic rings. The number of hydrogen-bond donors (Lipinski definition) is 2. The van der Waals surface area contributed by atoms with Crippen molar-refractivity contribution in [1.29, 1.82) is 0 Å². The third-order valence-electron chi connectivity index (χ3n) is 2.20. The molecule has 0 atom stereocenters. The first-order chi connectivity index (χ1) is 8.72. The Morgan fingerprint density at radius 2 is 2.22 bits per heavy atom. The van der Waals surface area contributed by atoms with Gasteiger partial charge in [0.2, 0.25) is 5.89 Å². The second-order valence-corrected chi connectivity index (χ2v) is 4.36. The Kier molecular flexibility index (Phi) is 4.16. The predicted octanol–water partition coefficient (Wildman–Crippen LogP) is 2.30. The van der Waals surface area contributed by atoms with Gasteiger partial charge >= 0.3 is 6.01 Å². The summed E-state index contributed by atoms with van der Waals surface area (Å²) in [7, 11) is 3.43. The number of hydrogen-bond acceptors (Lipinski definition) is 6. The van der Waals surface area contributed by atoms with Gasteiger partial charge in [-0.05, 0) is 35.1 Å². The Hall–Kier alpha value is -1.60. The first-order valence-corrected chi connectivity index (χ1v) is 6.09. The van der Waals surface area contributed by atoms with Gasteiger partial charge in [-0.25, -0.2) is 0 Å². The minimum Gasteiger partial charge on any atom is -0.495 e. The number of nitrogens with one attached hydrogen (secondary N) is 2. The third kappa shape index (κ3) is 2.99. The lowest BCUT2D eigenvalue weighted by Crippen LogP contribution is -2.04. The maximum absolute atomic E-state index is 5.38. The number of methoxy groups -OCH3 is 1. The summed E-state index contributed by atoms with van der Waals surface area (Å²) < 4.78 is 11.5. The molecular formula is C11H13BrN4O2. The van der Waals surface area contributed by atoms with Gasteiger partial charge in [0.05, 0.1) is 18.1 Å². The van der Waals surface area contributed by atoms with Crippen LogP contribution in [0.2, 0.25) is 0 Å². The second kappa shape index (κ2) is 5.83. The van der Waals surface area contributed by atoms with E-state index in [-0.39, 0.29) is 0 Å². The molecule has 2 rings (SSSR count). The summed E-state index contributed by atoms with van der Waals surface area (Å²) in [5.41, 5.74) is 0.815. The number of benzene rings is 1. The van der Waals surface area contributed by atoms with Crippen molar-refractivity contribution in [3.63, 3.8) is 0 Å². The molecule has 2 N–H and O–H groups in total. The van der Waals surface area contributed by atoms with Crippen LogP contribution >= 0.6 is 15.9 Å². The molecule has 0 radical (unpaired) electrons. The van der Waals surface area contributed by atoms with Crippen LogP contribution in [0.3, 0.4) is 0 Å². The summed E-state index contributed by atoms with van der Waals surface area (Å²) >= 11 is 3.39. The highest BCUT2D eigenvalue weighted by Gasteiger charge is 2.07. The minimum atomic E-state index is 0.352. The Morgan fingerprint density at radius 3 is 2.94 bits per heavy atom. The van der Waals surface area contributed by atoms with Gasteiger partial charge in [0.25, 0.3) is 0 Å². The zero-order chi connectivity index (χ0) is 13.0. The molecule has 0 unspecified atom stereocenters. The third-order valence-corrected chi connectivity index (χ3v) is 2.85. The quantitative estimate of drug-likeness (QED) is 0.882. The lowest BCUT2D eigenvalue weighted by Gasteiger charge is -2.06. The Bertz CT molecular complexity index is 530. The topological polar surface area (TPSA) is 72.2 Å². The molecule has 0 aliphatic heterocycles. The van der Waals surface area contributed by atoms with Gasteiger partial charge in [-0.15, -0.1) is 5.10 Å². The summed E-state index contributed by atoms with van der Waals surface area (Å²) in [5, 5.41) is 13.7. The van der Waals surface area contributed by atoms with Crippen LogP contribution < -0.4 is 15.4 Å². The van der Waals surface area contributed by atoms with E-state index < -0.39 is 0 Å². The predicted molar refractivity (Wildman–Crippen MR) is 71.0 cm³/mol. The van der Waals surface area contributed by atoms with Crippen LogP contribution in [-0.4, -0.2) is 24.4 Å². The van der Waals surface area contributed by atoms with Gasteiger partial charge in [-0.3, -0.25) is 0 Å². The molecule has 2 aromatic rings. The fourth-order valence-electron chi connectivity index (χ4n) is 1.39. The lowest BCUT2D eigenvalue weighted by molar-refractivity contribution is 0.412. The molecule has 0 spiro atoms. The van der Waals surface area contributed by atoms with E-state index in [4.69, 9.17) is 9.15 Å². The summed E-state index contributed by atoms with van der Waals surface area (Å²) in [4.78, 5) is 0. The molecule has 1 aromatic heterocycles. The maximum atomic E-state index is 5.38. The molecule has 0 amide bonds.